The van der Waals surface area contributed by atoms with Crippen LogP contribution in [0.1, 0.15) is 45.1 Å². The van der Waals surface area contributed by atoms with Crippen molar-refractivity contribution in [3.05, 3.63) is 29.8 Å². The first-order valence-electron chi connectivity index (χ1n) is 6.10. The van der Waals surface area contributed by atoms with E-state index in [-0.39, 0.29) is 18.0 Å². The summed E-state index contributed by atoms with van der Waals surface area (Å²) in [7, 11) is 0. The van der Waals surface area contributed by atoms with Gasteiger partial charge in [0.25, 0.3) is 0 Å². The van der Waals surface area contributed by atoms with Crippen molar-refractivity contribution >= 4 is 11.7 Å². The van der Waals surface area contributed by atoms with Gasteiger partial charge < -0.3 is 10.5 Å². The molecular formula is C14H21NO2. The first-order chi connectivity index (χ1) is 8.04. The van der Waals surface area contributed by atoms with Crippen molar-refractivity contribution in [2.24, 2.45) is 0 Å². The zero-order valence-corrected chi connectivity index (χ0v) is 10.8. The SMILES string of the molecule is CCCC(C)OC(=O)C(C)c1cccc(N)c1. The minimum absolute atomic E-state index is 0.0176. The summed E-state index contributed by atoms with van der Waals surface area (Å²) in [6, 6.07) is 7.37. The molecule has 0 fully saturated rings. The number of benzene rings is 1. The molecule has 0 saturated heterocycles. The highest BCUT2D eigenvalue weighted by Crippen LogP contribution is 2.20. The Labute approximate surface area is 103 Å². The number of nitrogen functional groups attached to an aromatic ring is 1. The standard InChI is InChI=1S/C14H21NO2/c1-4-6-10(2)17-14(16)11(3)12-7-5-8-13(15)9-12/h5,7-11H,4,6,15H2,1-3H3. The lowest BCUT2D eigenvalue weighted by Gasteiger charge is -2.16. The van der Waals surface area contributed by atoms with Crippen molar-refractivity contribution in [2.75, 3.05) is 5.73 Å². The summed E-state index contributed by atoms with van der Waals surface area (Å²) >= 11 is 0. The molecule has 2 unspecified atom stereocenters. The second-order valence-corrected chi connectivity index (χ2v) is 4.43. The maximum atomic E-state index is 11.9. The Morgan fingerprint density at radius 3 is 2.71 bits per heavy atom. The van der Waals surface area contributed by atoms with Gasteiger partial charge in [0.2, 0.25) is 0 Å². The fraction of sp³-hybridized carbons (Fsp3) is 0.500. The van der Waals surface area contributed by atoms with Crippen molar-refractivity contribution in [1.29, 1.82) is 0 Å². The minimum Gasteiger partial charge on any atom is -0.462 e. The lowest BCUT2D eigenvalue weighted by atomic mass is 10.0. The zero-order chi connectivity index (χ0) is 12.8. The van der Waals surface area contributed by atoms with Gasteiger partial charge in [0.15, 0.2) is 0 Å². The van der Waals surface area contributed by atoms with Gasteiger partial charge in [-0.15, -0.1) is 0 Å². The highest BCUT2D eigenvalue weighted by Gasteiger charge is 2.18. The van der Waals surface area contributed by atoms with Gasteiger partial charge in [-0.25, -0.2) is 0 Å². The van der Waals surface area contributed by atoms with Crippen LogP contribution in [-0.2, 0) is 9.53 Å². The fourth-order valence-electron chi connectivity index (χ4n) is 1.73. The van der Waals surface area contributed by atoms with Crippen molar-refractivity contribution in [3.8, 4) is 0 Å². The predicted molar refractivity (Wildman–Crippen MR) is 69.7 cm³/mol. The monoisotopic (exact) mass is 235 g/mol. The molecule has 0 aromatic heterocycles. The molecular weight excluding hydrogens is 214 g/mol. The van der Waals surface area contributed by atoms with E-state index in [9.17, 15) is 4.79 Å². The maximum Gasteiger partial charge on any atom is 0.313 e. The predicted octanol–water partition coefficient (Wildman–Crippen LogP) is 3.10. The molecule has 1 aromatic rings. The minimum atomic E-state index is -0.266. The van der Waals surface area contributed by atoms with E-state index in [2.05, 4.69) is 6.92 Å². The van der Waals surface area contributed by atoms with Crippen LogP contribution >= 0.6 is 0 Å². The highest BCUT2D eigenvalue weighted by atomic mass is 16.5. The first kappa shape index (κ1) is 13.6. The van der Waals surface area contributed by atoms with Crippen molar-refractivity contribution < 1.29 is 9.53 Å². The van der Waals surface area contributed by atoms with Gasteiger partial charge in [-0.3, -0.25) is 4.79 Å². The largest absolute Gasteiger partial charge is 0.462 e. The van der Waals surface area contributed by atoms with Crippen molar-refractivity contribution in [3.63, 3.8) is 0 Å². The van der Waals surface area contributed by atoms with Crippen LogP contribution in [0.3, 0.4) is 0 Å². The molecule has 2 atom stereocenters. The highest BCUT2D eigenvalue weighted by molar-refractivity contribution is 5.78. The number of ether oxygens (including phenoxy) is 1. The van der Waals surface area contributed by atoms with E-state index >= 15 is 0 Å². The molecule has 0 aliphatic carbocycles. The molecule has 94 valence electrons. The normalized spacial score (nSPS) is 14.1. The summed E-state index contributed by atoms with van der Waals surface area (Å²) in [6.45, 7) is 5.84. The van der Waals surface area contributed by atoms with E-state index in [4.69, 9.17) is 10.5 Å². The Hall–Kier alpha value is -1.51. The molecule has 1 aromatic carbocycles. The second kappa shape index (κ2) is 6.28. The van der Waals surface area contributed by atoms with Gasteiger partial charge >= 0.3 is 5.97 Å². The molecule has 1 rings (SSSR count). The summed E-state index contributed by atoms with van der Waals surface area (Å²) in [5.41, 5.74) is 7.27. The molecule has 2 N–H and O–H groups in total. The average Bonchev–Trinajstić information content (AvgIpc) is 2.28. The quantitative estimate of drug-likeness (QED) is 0.630. The van der Waals surface area contributed by atoms with Crippen molar-refractivity contribution in [1.82, 2.24) is 0 Å². The Kier molecular flexibility index (Phi) is 5.01. The number of carbonyl (C=O) groups is 1. The molecule has 17 heavy (non-hydrogen) atoms. The first-order valence-corrected chi connectivity index (χ1v) is 6.10. The van der Waals surface area contributed by atoms with Gasteiger partial charge in [0.05, 0.1) is 12.0 Å². The maximum absolute atomic E-state index is 11.9. The van der Waals surface area contributed by atoms with Gasteiger partial charge in [-0.05, 0) is 38.0 Å². The van der Waals surface area contributed by atoms with E-state index in [0.29, 0.717) is 5.69 Å². The van der Waals surface area contributed by atoms with Crippen LogP contribution in [0.15, 0.2) is 24.3 Å². The van der Waals surface area contributed by atoms with Crippen LogP contribution in [0.4, 0.5) is 5.69 Å². The summed E-state index contributed by atoms with van der Waals surface area (Å²) in [5, 5.41) is 0. The molecule has 0 bridgehead atoms. The molecule has 3 nitrogen and oxygen atoms in total. The summed E-state index contributed by atoms with van der Waals surface area (Å²) in [4.78, 5) is 11.9. The second-order valence-electron chi connectivity index (χ2n) is 4.43. The number of hydrogen-bond acceptors (Lipinski definition) is 3. The van der Waals surface area contributed by atoms with Crippen LogP contribution < -0.4 is 5.73 Å². The lowest BCUT2D eigenvalue weighted by molar-refractivity contribution is -0.149. The molecule has 0 aliphatic rings. The smallest absolute Gasteiger partial charge is 0.313 e. The Balaban J connectivity index is 2.63. The molecule has 0 aliphatic heterocycles. The molecule has 0 radical (unpaired) electrons. The van der Waals surface area contributed by atoms with E-state index in [1.807, 2.05) is 32.0 Å². The third-order valence-corrected chi connectivity index (χ3v) is 2.78. The topological polar surface area (TPSA) is 52.3 Å². The number of hydrogen-bond donors (Lipinski definition) is 1. The molecule has 0 saturated carbocycles. The zero-order valence-electron chi connectivity index (χ0n) is 10.8. The molecule has 3 heteroatoms. The Bertz CT molecular complexity index is 376. The number of carbonyl (C=O) groups excluding carboxylic acids is 1. The van der Waals surface area contributed by atoms with Crippen LogP contribution in [0.2, 0.25) is 0 Å². The van der Waals surface area contributed by atoms with E-state index in [1.165, 1.54) is 0 Å². The lowest BCUT2D eigenvalue weighted by Crippen LogP contribution is -2.19. The van der Waals surface area contributed by atoms with Gasteiger partial charge in [0, 0.05) is 5.69 Å². The molecule has 0 spiro atoms. The third-order valence-electron chi connectivity index (χ3n) is 2.78. The van der Waals surface area contributed by atoms with Gasteiger partial charge in [0.1, 0.15) is 0 Å². The summed E-state index contributed by atoms with van der Waals surface area (Å²) in [6.07, 6.45) is 1.90. The summed E-state index contributed by atoms with van der Waals surface area (Å²) < 4.78 is 5.37. The van der Waals surface area contributed by atoms with Gasteiger partial charge in [-0.2, -0.15) is 0 Å². The Morgan fingerprint density at radius 2 is 2.12 bits per heavy atom. The van der Waals surface area contributed by atoms with Crippen LogP contribution in [0.25, 0.3) is 0 Å². The van der Waals surface area contributed by atoms with E-state index < -0.39 is 0 Å². The number of anilines is 1. The number of rotatable bonds is 5. The van der Waals surface area contributed by atoms with Crippen LogP contribution in [0.5, 0.6) is 0 Å². The van der Waals surface area contributed by atoms with E-state index in [0.717, 1.165) is 18.4 Å². The average molecular weight is 235 g/mol. The number of esters is 1. The van der Waals surface area contributed by atoms with Crippen LogP contribution in [-0.4, -0.2) is 12.1 Å². The number of nitrogens with two attached hydrogens (primary N) is 1. The van der Waals surface area contributed by atoms with Crippen molar-refractivity contribution in [2.45, 2.75) is 45.6 Å². The molecule has 0 heterocycles. The van der Waals surface area contributed by atoms with Crippen LogP contribution in [0, 0.1) is 0 Å². The third kappa shape index (κ3) is 4.10. The van der Waals surface area contributed by atoms with Gasteiger partial charge in [-0.1, -0.05) is 25.5 Å². The fourth-order valence-corrected chi connectivity index (χ4v) is 1.73. The Morgan fingerprint density at radius 1 is 1.41 bits per heavy atom. The molecule has 0 amide bonds. The summed E-state index contributed by atoms with van der Waals surface area (Å²) in [5.74, 6) is -0.450. The van der Waals surface area contributed by atoms with E-state index in [1.54, 1.807) is 6.07 Å².